The van der Waals surface area contributed by atoms with Crippen molar-refractivity contribution in [2.75, 3.05) is 0 Å². The molecule has 0 aliphatic heterocycles. The Labute approximate surface area is 96.3 Å². The number of carbonyl (C=O) groups is 1. The van der Waals surface area contributed by atoms with Gasteiger partial charge in [-0.15, -0.1) is 0 Å². The van der Waals surface area contributed by atoms with Gasteiger partial charge in [0.05, 0.1) is 6.10 Å². The van der Waals surface area contributed by atoms with E-state index in [0.717, 1.165) is 12.8 Å². The lowest BCUT2D eigenvalue weighted by Gasteiger charge is -2.16. The molecule has 0 heterocycles. The molecular formula is C14H18O2. The minimum absolute atomic E-state index is 0.0556. The average molecular weight is 218 g/mol. The highest BCUT2D eigenvalue weighted by Gasteiger charge is 2.25. The van der Waals surface area contributed by atoms with E-state index < -0.39 is 6.10 Å². The number of rotatable bonds is 4. The molecule has 1 aromatic rings. The lowest BCUT2D eigenvalue weighted by atomic mass is 9.94. The Morgan fingerprint density at radius 2 is 1.88 bits per heavy atom. The van der Waals surface area contributed by atoms with E-state index in [9.17, 15) is 9.90 Å². The molecule has 0 spiro atoms. The van der Waals surface area contributed by atoms with Gasteiger partial charge in [0.15, 0.2) is 5.78 Å². The van der Waals surface area contributed by atoms with E-state index in [2.05, 4.69) is 0 Å². The first-order valence-electron chi connectivity index (χ1n) is 6.03. The summed E-state index contributed by atoms with van der Waals surface area (Å²) in [5.41, 5.74) is 0.708. The van der Waals surface area contributed by atoms with Gasteiger partial charge in [0.2, 0.25) is 0 Å². The third-order valence-corrected chi connectivity index (χ3v) is 3.43. The fourth-order valence-electron chi connectivity index (χ4n) is 2.44. The standard InChI is InChI=1S/C14H18O2/c15-13(11-6-2-1-3-7-11)10-14(16)12-8-4-5-9-12/h1-3,6-7,12,14,16H,4-5,8-10H2/t14-/m1/s1. The molecule has 16 heavy (non-hydrogen) atoms. The van der Waals surface area contributed by atoms with E-state index in [1.807, 2.05) is 30.3 Å². The Morgan fingerprint density at radius 3 is 2.50 bits per heavy atom. The quantitative estimate of drug-likeness (QED) is 0.789. The monoisotopic (exact) mass is 218 g/mol. The zero-order valence-corrected chi connectivity index (χ0v) is 9.43. The average Bonchev–Trinajstić information content (AvgIpc) is 2.83. The smallest absolute Gasteiger partial charge is 0.165 e. The fourth-order valence-corrected chi connectivity index (χ4v) is 2.44. The molecule has 1 atom stereocenters. The van der Waals surface area contributed by atoms with Crippen molar-refractivity contribution in [2.45, 2.75) is 38.2 Å². The Morgan fingerprint density at radius 1 is 1.25 bits per heavy atom. The molecule has 1 N–H and O–H groups in total. The van der Waals surface area contributed by atoms with Gasteiger partial charge in [-0.05, 0) is 18.8 Å². The molecule has 1 aliphatic carbocycles. The molecule has 0 unspecified atom stereocenters. The van der Waals surface area contributed by atoms with Gasteiger partial charge in [-0.25, -0.2) is 0 Å². The van der Waals surface area contributed by atoms with Crippen LogP contribution >= 0.6 is 0 Å². The highest BCUT2D eigenvalue weighted by Crippen LogP contribution is 2.29. The number of hydrogen-bond donors (Lipinski definition) is 1. The van der Waals surface area contributed by atoms with Gasteiger partial charge in [-0.1, -0.05) is 43.2 Å². The van der Waals surface area contributed by atoms with E-state index in [1.54, 1.807) is 0 Å². The molecule has 86 valence electrons. The first-order valence-corrected chi connectivity index (χ1v) is 6.03. The van der Waals surface area contributed by atoms with Crippen LogP contribution in [0.25, 0.3) is 0 Å². The molecule has 1 aromatic carbocycles. The third-order valence-electron chi connectivity index (χ3n) is 3.43. The Hall–Kier alpha value is -1.15. The number of carbonyl (C=O) groups excluding carboxylic acids is 1. The second-order valence-corrected chi connectivity index (χ2v) is 4.61. The maximum Gasteiger partial charge on any atom is 0.165 e. The van der Waals surface area contributed by atoms with Crippen molar-refractivity contribution in [2.24, 2.45) is 5.92 Å². The minimum Gasteiger partial charge on any atom is -0.392 e. The van der Waals surface area contributed by atoms with E-state index in [0.29, 0.717) is 11.5 Å². The summed E-state index contributed by atoms with van der Waals surface area (Å²) in [7, 11) is 0. The summed E-state index contributed by atoms with van der Waals surface area (Å²) in [5, 5.41) is 9.96. The van der Waals surface area contributed by atoms with Crippen LogP contribution in [-0.2, 0) is 0 Å². The lowest BCUT2D eigenvalue weighted by molar-refractivity contribution is 0.0746. The zero-order chi connectivity index (χ0) is 11.4. The topological polar surface area (TPSA) is 37.3 Å². The summed E-state index contributed by atoms with van der Waals surface area (Å²) in [4.78, 5) is 11.9. The molecule has 0 aromatic heterocycles. The second kappa shape index (κ2) is 5.26. The van der Waals surface area contributed by atoms with Gasteiger partial charge in [0, 0.05) is 12.0 Å². The molecule has 0 amide bonds. The van der Waals surface area contributed by atoms with Crippen molar-refractivity contribution in [3.63, 3.8) is 0 Å². The summed E-state index contributed by atoms with van der Waals surface area (Å²) < 4.78 is 0. The van der Waals surface area contributed by atoms with Crippen molar-refractivity contribution < 1.29 is 9.90 Å². The summed E-state index contributed by atoms with van der Waals surface area (Å²) in [6, 6.07) is 9.22. The number of aliphatic hydroxyl groups is 1. The van der Waals surface area contributed by atoms with E-state index >= 15 is 0 Å². The third kappa shape index (κ3) is 2.70. The van der Waals surface area contributed by atoms with Crippen molar-refractivity contribution in [1.82, 2.24) is 0 Å². The number of hydrogen-bond acceptors (Lipinski definition) is 2. The van der Waals surface area contributed by atoms with Crippen molar-refractivity contribution in [3.8, 4) is 0 Å². The molecule has 2 rings (SSSR count). The zero-order valence-electron chi connectivity index (χ0n) is 9.43. The molecule has 2 heteroatoms. The molecular weight excluding hydrogens is 200 g/mol. The first-order chi connectivity index (χ1) is 7.77. The van der Waals surface area contributed by atoms with Crippen LogP contribution in [0.4, 0.5) is 0 Å². The Bertz CT molecular complexity index is 339. The largest absolute Gasteiger partial charge is 0.392 e. The van der Waals surface area contributed by atoms with Crippen molar-refractivity contribution >= 4 is 5.78 Å². The molecule has 0 radical (unpaired) electrons. The van der Waals surface area contributed by atoms with Crippen LogP contribution < -0.4 is 0 Å². The number of ketones is 1. The highest BCUT2D eigenvalue weighted by atomic mass is 16.3. The van der Waals surface area contributed by atoms with Gasteiger partial charge < -0.3 is 5.11 Å². The van der Waals surface area contributed by atoms with E-state index in [-0.39, 0.29) is 12.2 Å². The minimum atomic E-state index is -0.449. The van der Waals surface area contributed by atoms with Crippen molar-refractivity contribution in [1.29, 1.82) is 0 Å². The number of aliphatic hydroxyl groups excluding tert-OH is 1. The number of benzene rings is 1. The van der Waals surface area contributed by atoms with E-state index in [4.69, 9.17) is 0 Å². The maximum absolute atomic E-state index is 11.9. The first kappa shape index (κ1) is 11.3. The highest BCUT2D eigenvalue weighted by molar-refractivity contribution is 5.96. The second-order valence-electron chi connectivity index (χ2n) is 4.61. The van der Waals surface area contributed by atoms with Gasteiger partial charge in [0.25, 0.3) is 0 Å². The molecule has 1 fully saturated rings. The van der Waals surface area contributed by atoms with Crippen LogP contribution in [0.3, 0.4) is 0 Å². The molecule has 1 saturated carbocycles. The normalized spacial score (nSPS) is 18.6. The Balaban J connectivity index is 1.92. The van der Waals surface area contributed by atoms with Crippen LogP contribution in [0.2, 0.25) is 0 Å². The van der Waals surface area contributed by atoms with Crippen LogP contribution in [0, 0.1) is 5.92 Å². The van der Waals surface area contributed by atoms with Crippen LogP contribution in [0.5, 0.6) is 0 Å². The molecule has 1 aliphatic rings. The van der Waals surface area contributed by atoms with Gasteiger partial charge >= 0.3 is 0 Å². The van der Waals surface area contributed by atoms with Crippen LogP contribution in [-0.4, -0.2) is 17.0 Å². The van der Waals surface area contributed by atoms with E-state index in [1.165, 1.54) is 12.8 Å². The summed E-state index contributed by atoms with van der Waals surface area (Å²) in [6.07, 6.45) is 4.36. The maximum atomic E-state index is 11.9. The predicted octanol–water partition coefficient (Wildman–Crippen LogP) is 2.81. The van der Waals surface area contributed by atoms with Gasteiger partial charge in [0.1, 0.15) is 0 Å². The van der Waals surface area contributed by atoms with Crippen molar-refractivity contribution in [3.05, 3.63) is 35.9 Å². The fraction of sp³-hybridized carbons (Fsp3) is 0.500. The SMILES string of the molecule is O=C(C[C@@H](O)C1CCCC1)c1ccccc1. The Kier molecular flexibility index (Phi) is 3.73. The predicted molar refractivity (Wildman–Crippen MR) is 63.4 cm³/mol. The van der Waals surface area contributed by atoms with Crippen LogP contribution in [0.1, 0.15) is 42.5 Å². The molecule has 0 saturated heterocycles. The summed E-state index contributed by atoms with van der Waals surface area (Å²) in [6.45, 7) is 0. The lowest BCUT2D eigenvalue weighted by Crippen LogP contribution is -2.21. The summed E-state index contributed by atoms with van der Waals surface area (Å²) >= 11 is 0. The summed E-state index contributed by atoms with van der Waals surface area (Å²) in [5.74, 6) is 0.396. The molecule has 2 nitrogen and oxygen atoms in total. The number of Topliss-reactive ketones (excluding diaryl/α,β-unsaturated/α-hetero) is 1. The van der Waals surface area contributed by atoms with Crippen LogP contribution in [0.15, 0.2) is 30.3 Å². The molecule has 0 bridgehead atoms. The van der Waals surface area contributed by atoms with Gasteiger partial charge in [-0.3, -0.25) is 4.79 Å². The van der Waals surface area contributed by atoms with Gasteiger partial charge in [-0.2, -0.15) is 0 Å².